The molecule has 1 aliphatic carbocycles. The number of carbonyl (C=O) groups excluding carboxylic acids is 2. The van der Waals surface area contributed by atoms with Gasteiger partial charge in [0, 0.05) is 24.2 Å². The highest BCUT2D eigenvalue weighted by atomic mass is 16.5. The predicted molar refractivity (Wildman–Crippen MR) is 127 cm³/mol. The van der Waals surface area contributed by atoms with Crippen LogP contribution in [-0.4, -0.2) is 42.0 Å². The first kappa shape index (κ1) is 21.9. The number of nitrogens with one attached hydrogen (secondary N) is 1. The van der Waals surface area contributed by atoms with Crippen molar-refractivity contribution in [3.05, 3.63) is 71.8 Å². The van der Waals surface area contributed by atoms with Crippen LogP contribution in [0.4, 0.5) is 11.4 Å². The van der Waals surface area contributed by atoms with Gasteiger partial charge in [-0.2, -0.15) is 0 Å². The number of benzene rings is 2. The minimum absolute atomic E-state index is 0.0138. The van der Waals surface area contributed by atoms with E-state index in [9.17, 15) is 9.59 Å². The zero-order valence-electron chi connectivity index (χ0n) is 19.4. The lowest BCUT2D eigenvalue weighted by Gasteiger charge is -2.26. The molecule has 2 aliphatic rings. The summed E-state index contributed by atoms with van der Waals surface area (Å²) in [5.41, 5.74) is 2.72. The molecule has 0 unspecified atom stereocenters. The van der Waals surface area contributed by atoms with Crippen LogP contribution >= 0.6 is 0 Å². The van der Waals surface area contributed by atoms with Crippen molar-refractivity contribution >= 4 is 23.2 Å². The number of rotatable bonds is 6. The maximum atomic E-state index is 13.3. The van der Waals surface area contributed by atoms with Crippen molar-refractivity contribution in [1.82, 2.24) is 9.97 Å². The number of fused-ring (bicyclic) bond motifs is 1. The van der Waals surface area contributed by atoms with Gasteiger partial charge in [0.15, 0.2) is 12.4 Å². The standard InChI is InChI=1S/C26H26N4O4/c1-16-23(13-27-17(2)28-16)34-15-26(18-7-5-4-6-8-18)12-20(26)25(32)29-19-9-10-21-22(11-19)33-14-24(31)30(21)3/h4-11,13,20H,12,14-15H2,1-3H3,(H,29,32)/t20-,26+/m0/s1. The SMILES string of the molecule is Cc1ncc(OC[C@@]2(c3ccccc3)C[C@H]2C(=O)Nc2ccc3c(c2)OCC(=O)N3C)c(C)n1. The average molecular weight is 459 g/mol. The summed E-state index contributed by atoms with van der Waals surface area (Å²) in [6.45, 7) is 4.06. The van der Waals surface area contributed by atoms with Gasteiger partial charge in [0.2, 0.25) is 5.91 Å². The predicted octanol–water partition coefficient (Wildman–Crippen LogP) is 3.42. The monoisotopic (exact) mass is 458 g/mol. The molecule has 2 amide bonds. The molecule has 0 saturated heterocycles. The molecule has 1 aromatic heterocycles. The lowest BCUT2D eigenvalue weighted by Crippen LogP contribution is -2.35. The number of aromatic nitrogens is 2. The topological polar surface area (TPSA) is 93.7 Å². The molecule has 8 nitrogen and oxygen atoms in total. The minimum Gasteiger partial charge on any atom is -0.489 e. The molecular weight excluding hydrogens is 432 g/mol. The summed E-state index contributed by atoms with van der Waals surface area (Å²) in [6, 6.07) is 15.3. The molecule has 8 heteroatoms. The van der Waals surface area contributed by atoms with E-state index >= 15 is 0 Å². The number of ether oxygens (including phenoxy) is 2. The third kappa shape index (κ3) is 3.96. The molecule has 5 rings (SSSR count). The Balaban J connectivity index is 1.34. The van der Waals surface area contributed by atoms with Gasteiger partial charge in [0.25, 0.3) is 5.91 Å². The van der Waals surface area contributed by atoms with E-state index in [-0.39, 0.29) is 24.3 Å². The molecule has 1 N–H and O–H groups in total. The van der Waals surface area contributed by atoms with Gasteiger partial charge in [-0.1, -0.05) is 30.3 Å². The smallest absolute Gasteiger partial charge is 0.264 e. The van der Waals surface area contributed by atoms with Gasteiger partial charge in [-0.25, -0.2) is 9.97 Å². The second-order valence-electron chi connectivity index (χ2n) is 8.85. The normalized spacial score (nSPS) is 20.9. The van der Waals surface area contributed by atoms with Crippen LogP contribution in [0.2, 0.25) is 0 Å². The van der Waals surface area contributed by atoms with E-state index in [1.54, 1.807) is 36.3 Å². The highest BCUT2D eigenvalue weighted by Gasteiger charge is 2.60. The quantitative estimate of drug-likeness (QED) is 0.608. The van der Waals surface area contributed by atoms with Crippen LogP contribution in [0.1, 0.15) is 23.5 Å². The average Bonchev–Trinajstić information content (AvgIpc) is 3.58. The summed E-state index contributed by atoms with van der Waals surface area (Å²) < 4.78 is 11.7. The van der Waals surface area contributed by atoms with Gasteiger partial charge < -0.3 is 19.7 Å². The van der Waals surface area contributed by atoms with E-state index in [1.165, 1.54) is 0 Å². The highest BCUT2D eigenvalue weighted by molar-refractivity contribution is 5.99. The van der Waals surface area contributed by atoms with Gasteiger partial charge in [0.05, 0.1) is 30.1 Å². The van der Waals surface area contributed by atoms with Gasteiger partial charge in [0.1, 0.15) is 11.6 Å². The van der Waals surface area contributed by atoms with Crippen molar-refractivity contribution in [1.29, 1.82) is 0 Å². The Kier molecular flexibility index (Phi) is 5.43. The Hall–Kier alpha value is -3.94. The molecule has 1 aliphatic heterocycles. The van der Waals surface area contributed by atoms with E-state index in [1.807, 2.05) is 44.2 Å². The van der Waals surface area contributed by atoms with Crippen molar-refractivity contribution in [2.24, 2.45) is 5.92 Å². The second kappa shape index (κ2) is 8.44. The van der Waals surface area contributed by atoms with E-state index in [2.05, 4.69) is 15.3 Å². The number of aryl methyl sites for hydroxylation is 2. The third-order valence-electron chi connectivity index (χ3n) is 6.59. The van der Waals surface area contributed by atoms with Gasteiger partial charge in [-0.15, -0.1) is 0 Å². The van der Waals surface area contributed by atoms with Crippen LogP contribution in [-0.2, 0) is 15.0 Å². The molecule has 1 saturated carbocycles. The Morgan fingerprint density at radius 1 is 1.24 bits per heavy atom. The largest absolute Gasteiger partial charge is 0.489 e. The number of carbonyl (C=O) groups is 2. The minimum atomic E-state index is -0.431. The van der Waals surface area contributed by atoms with Crippen molar-refractivity contribution in [3.63, 3.8) is 0 Å². The zero-order valence-corrected chi connectivity index (χ0v) is 19.4. The highest BCUT2D eigenvalue weighted by Crippen LogP contribution is 2.55. The Morgan fingerprint density at radius 3 is 2.79 bits per heavy atom. The van der Waals surface area contributed by atoms with Crippen LogP contribution in [0.5, 0.6) is 11.5 Å². The Bertz CT molecular complexity index is 1260. The van der Waals surface area contributed by atoms with Gasteiger partial charge >= 0.3 is 0 Å². The summed E-state index contributed by atoms with van der Waals surface area (Å²) in [7, 11) is 1.71. The fraction of sp³-hybridized carbons (Fsp3) is 0.308. The number of hydrogen-bond acceptors (Lipinski definition) is 6. The molecule has 3 aromatic rings. The van der Waals surface area contributed by atoms with Crippen molar-refractivity contribution in [2.45, 2.75) is 25.7 Å². The van der Waals surface area contributed by atoms with Crippen molar-refractivity contribution in [3.8, 4) is 11.5 Å². The van der Waals surface area contributed by atoms with Crippen LogP contribution in [0.25, 0.3) is 0 Å². The van der Waals surface area contributed by atoms with E-state index < -0.39 is 5.41 Å². The lowest BCUT2D eigenvalue weighted by atomic mass is 9.93. The molecule has 2 atom stereocenters. The summed E-state index contributed by atoms with van der Waals surface area (Å²) >= 11 is 0. The zero-order chi connectivity index (χ0) is 23.9. The third-order valence-corrected chi connectivity index (χ3v) is 6.59. The summed E-state index contributed by atoms with van der Waals surface area (Å²) in [4.78, 5) is 35.3. The molecule has 0 radical (unpaired) electrons. The molecule has 2 heterocycles. The first-order chi connectivity index (χ1) is 16.4. The van der Waals surface area contributed by atoms with Crippen LogP contribution in [0, 0.1) is 19.8 Å². The second-order valence-corrected chi connectivity index (χ2v) is 8.85. The Labute approximate surface area is 197 Å². The maximum absolute atomic E-state index is 13.3. The van der Waals surface area contributed by atoms with E-state index in [0.717, 1.165) is 11.3 Å². The number of hydrogen-bond donors (Lipinski definition) is 1. The molecule has 34 heavy (non-hydrogen) atoms. The van der Waals surface area contributed by atoms with Crippen LogP contribution < -0.4 is 19.7 Å². The fourth-order valence-electron chi connectivity index (χ4n) is 4.49. The van der Waals surface area contributed by atoms with E-state index in [0.29, 0.717) is 41.7 Å². The number of likely N-dealkylation sites (N-methyl/N-ethyl adjacent to an activating group) is 1. The van der Waals surface area contributed by atoms with Gasteiger partial charge in [-0.05, 0) is 38.0 Å². The molecule has 0 spiro atoms. The van der Waals surface area contributed by atoms with Crippen LogP contribution in [0.15, 0.2) is 54.7 Å². The molecule has 174 valence electrons. The number of amides is 2. The number of nitrogens with zero attached hydrogens (tertiary/aromatic N) is 3. The van der Waals surface area contributed by atoms with Crippen LogP contribution in [0.3, 0.4) is 0 Å². The molecule has 1 fully saturated rings. The van der Waals surface area contributed by atoms with E-state index in [4.69, 9.17) is 9.47 Å². The summed E-state index contributed by atoms with van der Waals surface area (Å²) in [6.07, 6.45) is 2.36. The lowest BCUT2D eigenvalue weighted by molar-refractivity contribution is -0.121. The number of anilines is 2. The van der Waals surface area contributed by atoms with Crippen molar-refractivity contribution < 1.29 is 19.1 Å². The Morgan fingerprint density at radius 2 is 2.03 bits per heavy atom. The first-order valence-electron chi connectivity index (χ1n) is 11.2. The van der Waals surface area contributed by atoms with Crippen molar-refractivity contribution in [2.75, 3.05) is 30.5 Å². The maximum Gasteiger partial charge on any atom is 0.264 e. The van der Waals surface area contributed by atoms with Gasteiger partial charge in [-0.3, -0.25) is 9.59 Å². The molecule has 0 bridgehead atoms. The summed E-state index contributed by atoms with van der Waals surface area (Å²) in [5.74, 6) is 1.45. The molecular formula is C26H26N4O4. The first-order valence-corrected chi connectivity index (χ1v) is 11.2. The summed E-state index contributed by atoms with van der Waals surface area (Å²) in [5, 5.41) is 3.02. The molecule has 2 aromatic carbocycles. The fourth-order valence-corrected chi connectivity index (χ4v) is 4.49.